The van der Waals surface area contributed by atoms with Gasteiger partial charge < -0.3 is 20.9 Å². The smallest absolute Gasteiger partial charge is 0.319 e. The topological polar surface area (TPSA) is 90.5 Å². The number of anilines is 2. The second-order valence-electron chi connectivity index (χ2n) is 7.95. The lowest BCUT2D eigenvalue weighted by Crippen LogP contribution is -2.34. The van der Waals surface area contributed by atoms with Crippen molar-refractivity contribution in [2.45, 2.75) is 39.8 Å². The summed E-state index contributed by atoms with van der Waals surface area (Å²) >= 11 is 0. The summed E-state index contributed by atoms with van der Waals surface area (Å²) in [5.74, 6) is -0.688. The predicted octanol–water partition coefficient (Wildman–Crippen LogP) is 3.51. The van der Waals surface area contributed by atoms with Crippen LogP contribution in [0.4, 0.5) is 16.2 Å². The lowest BCUT2D eigenvalue weighted by atomic mass is 10.1. The molecule has 1 heterocycles. The molecule has 2 aromatic carbocycles. The van der Waals surface area contributed by atoms with Crippen molar-refractivity contribution in [3.63, 3.8) is 0 Å². The molecule has 3 rings (SSSR count). The van der Waals surface area contributed by atoms with E-state index in [1.54, 1.807) is 29.2 Å². The average Bonchev–Trinajstić information content (AvgIpc) is 3.05. The van der Waals surface area contributed by atoms with Crippen molar-refractivity contribution in [3.05, 3.63) is 59.7 Å². The number of aryl methyl sites for hydroxylation is 1. The van der Waals surface area contributed by atoms with Gasteiger partial charge in [0, 0.05) is 25.6 Å². The van der Waals surface area contributed by atoms with Gasteiger partial charge in [0.05, 0.1) is 17.3 Å². The lowest BCUT2D eigenvalue weighted by molar-refractivity contribution is -0.128. The Hall–Kier alpha value is -3.35. The van der Waals surface area contributed by atoms with Crippen LogP contribution in [-0.4, -0.2) is 35.3 Å². The minimum Gasteiger partial charge on any atom is -0.338 e. The Morgan fingerprint density at radius 3 is 2.30 bits per heavy atom. The number of amides is 4. The van der Waals surface area contributed by atoms with Crippen molar-refractivity contribution in [3.8, 4) is 0 Å². The molecule has 3 N–H and O–H groups in total. The third kappa shape index (κ3) is 5.59. The summed E-state index contributed by atoms with van der Waals surface area (Å²) in [4.78, 5) is 38.9. The summed E-state index contributed by atoms with van der Waals surface area (Å²) in [5, 5.41) is 8.36. The van der Waals surface area contributed by atoms with Gasteiger partial charge in [-0.3, -0.25) is 9.59 Å². The highest BCUT2D eigenvalue weighted by Crippen LogP contribution is 2.25. The number of urea groups is 1. The normalized spacial score (nSPS) is 15.9. The highest BCUT2D eigenvalue weighted by molar-refractivity contribution is 6.01. The maximum atomic E-state index is 12.8. The molecule has 158 valence electrons. The monoisotopic (exact) mass is 408 g/mol. The van der Waals surface area contributed by atoms with Crippen LogP contribution < -0.4 is 16.0 Å². The van der Waals surface area contributed by atoms with E-state index in [0.717, 1.165) is 11.1 Å². The Labute approximate surface area is 176 Å². The van der Waals surface area contributed by atoms with Gasteiger partial charge in [0.15, 0.2) is 0 Å². The maximum absolute atomic E-state index is 12.8. The minimum atomic E-state index is -0.430. The standard InChI is InChI=1S/C23H28N4O3/c1-15(2)24-23(30)26-20-7-5-4-6-19(20)25-22(29)18-12-21(28)27(14-18)13-17-10-8-16(3)9-11-17/h4-11,15,18H,12-14H2,1-3H3,(H,25,29)(H2,24,26,30). The first-order chi connectivity index (χ1) is 14.3. The van der Waals surface area contributed by atoms with Crippen molar-refractivity contribution in [2.75, 3.05) is 17.2 Å². The highest BCUT2D eigenvalue weighted by Gasteiger charge is 2.34. The van der Waals surface area contributed by atoms with Crippen LogP contribution >= 0.6 is 0 Å². The third-order valence-electron chi connectivity index (χ3n) is 4.93. The predicted molar refractivity (Wildman–Crippen MR) is 117 cm³/mol. The first-order valence-electron chi connectivity index (χ1n) is 10.1. The molecule has 7 heteroatoms. The molecule has 1 unspecified atom stereocenters. The summed E-state index contributed by atoms with van der Waals surface area (Å²) in [6.07, 6.45) is 0.182. The van der Waals surface area contributed by atoms with Crippen molar-refractivity contribution >= 4 is 29.2 Å². The Kier molecular flexibility index (Phi) is 6.72. The van der Waals surface area contributed by atoms with E-state index in [1.165, 1.54) is 0 Å². The van der Waals surface area contributed by atoms with Gasteiger partial charge in [-0.2, -0.15) is 0 Å². The number of benzene rings is 2. The number of para-hydroxylation sites is 2. The first-order valence-corrected chi connectivity index (χ1v) is 10.1. The van der Waals surface area contributed by atoms with Gasteiger partial charge in [-0.05, 0) is 38.5 Å². The Morgan fingerprint density at radius 2 is 1.67 bits per heavy atom. The number of likely N-dealkylation sites (tertiary alicyclic amines) is 1. The zero-order valence-corrected chi connectivity index (χ0v) is 17.6. The summed E-state index contributed by atoms with van der Waals surface area (Å²) < 4.78 is 0. The van der Waals surface area contributed by atoms with E-state index >= 15 is 0 Å². The Morgan fingerprint density at radius 1 is 1.03 bits per heavy atom. The van der Waals surface area contributed by atoms with Gasteiger partial charge in [-0.1, -0.05) is 42.0 Å². The van der Waals surface area contributed by atoms with Gasteiger partial charge in [0.1, 0.15) is 0 Å². The van der Waals surface area contributed by atoms with Crippen LogP contribution in [0.5, 0.6) is 0 Å². The zero-order chi connectivity index (χ0) is 21.7. The summed E-state index contributed by atoms with van der Waals surface area (Å²) in [6, 6.07) is 14.7. The number of rotatable bonds is 6. The van der Waals surface area contributed by atoms with Crippen LogP contribution in [-0.2, 0) is 16.1 Å². The molecular weight excluding hydrogens is 380 g/mol. The number of nitrogens with one attached hydrogen (secondary N) is 3. The number of hydrogen-bond acceptors (Lipinski definition) is 3. The fourth-order valence-electron chi connectivity index (χ4n) is 3.37. The molecule has 30 heavy (non-hydrogen) atoms. The zero-order valence-electron chi connectivity index (χ0n) is 17.6. The van der Waals surface area contributed by atoms with Crippen molar-refractivity contribution < 1.29 is 14.4 Å². The average molecular weight is 409 g/mol. The van der Waals surface area contributed by atoms with Gasteiger partial charge >= 0.3 is 6.03 Å². The largest absolute Gasteiger partial charge is 0.338 e. The van der Waals surface area contributed by atoms with Crippen LogP contribution in [0.3, 0.4) is 0 Å². The van der Waals surface area contributed by atoms with Crippen molar-refractivity contribution in [1.29, 1.82) is 0 Å². The molecule has 0 radical (unpaired) electrons. The second kappa shape index (κ2) is 9.43. The number of hydrogen-bond donors (Lipinski definition) is 3. The molecule has 0 saturated carbocycles. The Bertz CT molecular complexity index is 924. The van der Waals surface area contributed by atoms with Crippen LogP contribution in [0.1, 0.15) is 31.4 Å². The summed E-state index contributed by atoms with van der Waals surface area (Å²) in [6.45, 7) is 6.63. The molecule has 1 saturated heterocycles. The lowest BCUT2D eigenvalue weighted by Gasteiger charge is -2.18. The minimum absolute atomic E-state index is 0.00392. The molecule has 0 aromatic heterocycles. The van der Waals surface area contributed by atoms with Crippen molar-refractivity contribution in [2.24, 2.45) is 5.92 Å². The number of carbonyl (C=O) groups is 3. The van der Waals surface area contributed by atoms with Gasteiger partial charge in [0.2, 0.25) is 11.8 Å². The summed E-state index contributed by atoms with van der Waals surface area (Å²) in [7, 11) is 0. The van der Waals surface area contributed by atoms with Crippen molar-refractivity contribution in [1.82, 2.24) is 10.2 Å². The maximum Gasteiger partial charge on any atom is 0.319 e. The third-order valence-corrected chi connectivity index (χ3v) is 4.93. The van der Waals surface area contributed by atoms with E-state index in [2.05, 4.69) is 16.0 Å². The van der Waals surface area contributed by atoms with E-state index in [9.17, 15) is 14.4 Å². The molecule has 0 aliphatic carbocycles. The molecule has 1 fully saturated rings. The SMILES string of the molecule is Cc1ccc(CN2CC(C(=O)Nc3ccccc3NC(=O)NC(C)C)CC2=O)cc1. The molecule has 1 aliphatic rings. The van der Waals surface area contributed by atoms with Crippen LogP contribution in [0, 0.1) is 12.8 Å². The van der Waals surface area contributed by atoms with E-state index in [4.69, 9.17) is 0 Å². The van der Waals surface area contributed by atoms with Crippen LogP contribution in [0.15, 0.2) is 48.5 Å². The van der Waals surface area contributed by atoms with E-state index in [0.29, 0.717) is 24.5 Å². The van der Waals surface area contributed by atoms with E-state index in [1.807, 2.05) is 45.0 Å². The second-order valence-corrected chi connectivity index (χ2v) is 7.95. The number of nitrogens with zero attached hydrogens (tertiary/aromatic N) is 1. The molecule has 0 bridgehead atoms. The fourth-order valence-corrected chi connectivity index (χ4v) is 3.37. The van der Waals surface area contributed by atoms with Gasteiger partial charge in [-0.25, -0.2) is 4.79 Å². The van der Waals surface area contributed by atoms with Crippen LogP contribution in [0.25, 0.3) is 0 Å². The molecular formula is C23H28N4O3. The molecule has 1 atom stereocenters. The number of carbonyl (C=O) groups excluding carboxylic acids is 3. The molecule has 7 nitrogen and oxygen atoms in total. The highest BCUT2D eigenvalue weighted by atomic mass is 16.2. The van der Waals surface area contributed by atoms with Gasteiger partial charge in [0.25, 0.3) is 0 Å². The van der Waals surface area contributed by atoms with Gasteiger partial charge in [-0.15, -0.1) is 0 Å². The van der Waals surface area contributed by atoms with E-state index < -0.39 is 5.92 Å². The summed E-state index contributed by atoms with van der Waals surface area (Å²) in [5.41, 5.74) is 3.22. The molecule has 4 amide bonds. The molecule has 0 spiro atoms. The fraction of sp³-hybridized carbons (Fsp3) is 0.348. The first kappa shape index (κ1) is 21.4. The Balaban J connectivity index is 1.62. The quantitative estimate of drug-likeness (QED) is 0.683. The van der Waals surface area contributed by atoms with Crippen LogP contribution in [0.2, 0.25) is 0 Å². The van der Waals surface area contributed by atoms with E-state index in [-0.39, 0.29) is 30.3 Å². The molecule has 1 aliphatic heterocycles. The molecule has 2 aromatic rings.